The number of hydrogen-bond acceptors (Lipinski definition) is 1. The number of fused-ring (bicyclic) bond motifs is 1. The smallest absolute Gasteiger partial charge is 0.104 e. The Labute approximate surface area is 81.0 Å². The van der Waals surface area contributed by atoms with E-state index >= 15 is 0 Å². The lowest BCUT2D eigenvalue weighted by Crippen LogP contribution is -1.86. The van der Waals surface area contributed by atoms with E-state index in [4.69, 9.17) is 0 Å². The number of H-pyrrole nitrogens is 1. The summed E-state index contributed by atoms with van der Waals surface area (Å²) in [6, 6.07) is 6.12. The summed E-state index contributed by atoms with van der Waals surface area (Å²) in [4.78, 5) is 7.46. The lowest BCUT2D eigenvalue weighted by Gasteiger charge is -1.89. The summed E-state index contributed by atoms with van der Waals surface area (Å²) >= 11 is 0. The van der Waals surface area contributed by atoms with Crippen molar-refractivity contribution in [2.45, 2.75) is 20.8 Å². The Kier molecular flexibility index (Phi) is 3.44. The number of aryl methyl sites for hydroxylation is 1. The Morgan fingerprint density at radius 3 is 2.69 bits per heavy atom. The normalized spacial score (nSPS) is 9.54. The van der Waals surface area contributed by atoms with Crippen LogP contribution in [0.4, 0.5) is 0 Å². The van der Waals surface area contributed by atoms with E-state index in [0.29, 0.717) is 0 Å². The van der Waals surface area contributed by atoms with Crippen LogP contribution in [0.25, 0.3) is 11.0 Å². The molecule has 1 heterocycles. The highest BCUT2D eigenvalue weighted by molar-refractivity contribution is 7.27. The van der Waals surface area contributed by atoms with E-state index in [1.165, 1.54) is 5.30 Å². The number of hydrogen-bond donors (Lipinski definition) is 1. The summed E-state index contributed by atoms with van der Waals surface area (Å²) < 4.78 is 0. The molecule has 1 aromatic carbocycles. The molecule has 1 atom stereocenters. The van der Waals surface area contributed by atoms with Gasteiger partial charge in [-0.2, -0.15) is 0 Å². The topological polar surface area (TPSA) is 28.7 Å². The second kappa shape index (κ2) is 4.38. The standard InChI is InChI=1S/C8H9N2P.C2H6/c1-5-9-7-3-2-6(11)4-8(7)10-5;1-2/h2-4H,11H2,1H3,(H,9,10);1-2H3. The molecule has 3 heteroatoms. The van der Waals surface area contributed by atoms with Crippen LogP contribution in [0.3, 0.4) is 0 Å². The van der Waals surface area contributed by atoms with Gasteiger partial charge in [-0.25, -0.2) is 4.98 Å². The van der Waals surface area contributed by atoms with Crippen molar-refractivity contribution < 1.29 is 0 Å². The fourth-order valence-electron chi connectivity index (χ4n) is 1.15. The van der Waals surface area contributed by atoms with Gasteiger partial charge >= 0.3 is 0 Å². The zero-order chi connectivity index (χ0) is 9.84. The number of imidazole rings is 1. The quantitative estimate of drug-likeness (QED) is 0.641. The van der Waals surface area contributed by atoms with Crippen molar-refractivity contribution in [3.8, 4) is 0 Å². The van der Waals surface area contributed by atoms with E-state index in [0.717, 1.165) is 16.9 Å². The van der Waals surface area contributed by atoms with Gasteiger partial charge < -0.3 is 4.98 Å². The summed E-state index contributed by atoms with van der Waals surface area (Å²) in [5.74, 6) is 0.968. The van der Waals surface area contributed by atoms with Crippen molar-refractivity contribution in [1.82, 2.24) is 9.97 Å². The number of benzene rings is 1. The van der Waals surface area contributed by atoms with Crippen LogP contribution in [0, 0.1) is 6.92 Å². The third-order valence-electron chi connectivity index (χ3n) is 1.62. The highest BCUT2D eigenvalue weighted by atomic mass is 31.0. The van der Waals surface area contributed by atoms with Crippen LogP contribution >= 0.6 is 9.24 Å². The highest BCUT2D eigenvalue weighted by Gasteiger charge is 1.96. The largest absolute Gasteiger partial charge is 0.342 e. The molecule has 1 N–H and O–H groups in total. The molecule has 0 fully saturated rings. The van der Waals surface area contributed by atoms with Gasteiger partial charge in [0.05, 0.1) is 11.0 Å². The molecule has 1 unspecified atom stereocenters. The van der Waals surface area contributed by atoms with Gasteiger partial charge in [-0.05, 0) is 24.4 Å². The van der Waals surface area contributed by atoms with Gasteiger partial charge in [0.2, 0.25) is 0 Å². The summed E-state index contributed by atoms with van der Waals surface area (Å²) in [6.07, 6.45) is 0. The molecule has 2 rings (SSSR count). The van der Waals surface area contributed by atoms with Crippen molar-refractivity contribution in [1.29, 1.82) is 0 Å². The molecule has 0 amide bonds. The minimum Gasteiger partial charge on any atom is -0.342 e. The van der Waals surface area contributed by atoms with Gasteiger partial charge in [-0.1, -0.05) is 19.9 Å². The molecule has 70 valence electrons. The zero-order valence-electron chi connectivity index (χ0n) is 8.26. The Balaban J connectivity index is 0.000000396. The SMILES string of the molecule is CC.Cc1nc2ccc(P)cc2[nH]1. The monoisotopic (exact) mass is 194 g/mol. The Hall–Kier alpha value is -0.880. The van der Waals surface area contributed by atoms with Crippen molar-refractivity contribution in [3.05, 3.63) is 24.0 Å². The Morgan fingerprint density at radius 2 is 2.00 bits per heavy atom. The van der Waals surface area contributed by atoms with E-state index in [-0.39, 0.29) is 0 Å². The lowest BCUT2D eigenvalue weighted by atomic mass is 10.3. The molecule has 0 aliphatic rings. The first-order chi connectivity index (χ1) is 6.25. The van der Waals surface area contributed by atoms with Crippen molar-refractivity contribution in [2.24, 2.45) is 0 Å². The third kappa shape index (κ3) is 2.28. The average Bonchev–Trinajstić information content (AvgIpc) is 2.48. The predicted molar refractivity (Wildman–Crippen MR) is 61.5 cm³/mol. The number of rotatable bonds is 0. The van der Waals surface area contributed by atoms with Crippen LogP contribution in [-0.4, -0.2) is 9.97 Å². The molecule has 0 spiro atoms. The van der Waals surface area contributed by atoms with E-state index in [1.54, 1.807) is 0 Å². The van der Waals surface area contributed by atoms with E-state index in [2.05, 4.69) is 25.3 Å². The summed E-state index contributed by atoms with van der Waals surface area (Å²) in [6.45, 7) is 5.96. The first-order valence-corrected chi connectivity index (χ1v) is 5.05. The molecule has 2 nitrogen and oxygen atoms in total. The molecule has 1 aromatic heterocycles. The van der Waals surface area contributed by atoms with E-state index in [1.807, 2.05) is 32.9 Å². The molecule has 0 aliphatic heterocycles. The molecular weight excluding hydrogens is 179 g/mol. The predicted octanol–water partition coefficient (Wildman–Crippen LogP) is 2.40. The van der Waals surface area contributed by atoms with E-state index in [9.17, 15) is 0 Å². The van der Waals surface area contributed by atoms with Gasteiger partial charge in [0, 0.05) is 0 Å². The van der Waals surface area contributed by atoms with Crippen molar-refractivity contribution >= 4 is 25.6 Å². The highest BCUT2D eigenvalue weighted by Crippen LogP contribution is 2.09. The molecule has 0 aliphatic carbocycles. The number of aromatic nitrogens is 2. The van der Waals surface area contributed by atoms with Crippen molar-refractivity contribution in [3.63, 3.8) is 0 Å². The molecule has 2 aromatic rings. The van der Waals surface area contributed by atoms with Crippen LogP contribution in [-0.2, 0) is 0 Å². The van der Waals surface area contributed by atoms with Crippen molar-refractivity contribution in [2.75, 3.05) is 0 Å². The number of nitrogens with zero attached hydrogens (tertiary/aromatic N) is 1. The van der Waals surface area contributed by atoms with Crippen LogP contribution in [0.2, 0.25) is 0 Å². The minimum absolute atomic E-state index is 0.968. The number of aromatic amines is 1. The summed E-state index contributed by atoms with van der Waals surface area (Å²) in [7, 11) is 2.66. The number of nitrogens with one attached hydrogen (secondary N) is 1. The fraction of sp³-hybridized carbons (Fsp3) is 0.300. The minimum atomic E-state index is 0.968. The summed E-state index contributed by atoms with van der Waals surface area (Å²) in [5.41, 5.74) is 2.14. The van der Waals surface area contributed by atoms with Crippen LogP contribution in [0.5, 0.6) is 0 Å². The maximum atomic E-state index is 4.29. The molecule has 0 radical (unpaired) electrons. The summed E-state index contributed by atoms with van der Waals surface area (Å²) in [5, 5.41) is 1.18. The second-order valence-corrected chi connectivity index (χ2v) is 3.27. The molecule has 13 heavy (non-hydrogen) atoms. The van der Waals surface area contributed by atoms with Gasteiger partial charge in [0.15, 0.2) is 0 Å². The average molecular weight is 194 g/mol. The van der Waals surface area contributed by atoms with E-state index < -0.39 is 0 Å². The molecular formula is C10H15N2P. The Morgan fingerprint density at radius 1 is 1.31 bits per heavy atom. The van der Waals surface area contributed by atoms with Gasteiger partial charge in [0.1, 0.15) is 5.82 Å². The van der Waals surface area contributed by atoms with Crippen LogP contribution in [0.15, 0.2) is 18.2 Å². The van der Waals surface area contributed by atoms with Gasteiger partial charge in [-0.15, -0.1) is 9.24 Å². The third-order valence-corrected chi connectivity index (χ3v) is 1.98. The van der Waals surface area contributed by atoms with Gasteiger partial charge in [0.25, 0.3) is 0 Å². The fourth-order valence-corrected chi connectivity index (χ4v) is 1.42. The first kappa shape index (κ1) is 10.2. The molecule has 0 saturated carbocycles. The molecule has 0 bridgehead atoms. The second-order valence-electron chi connectivity index (χ2n) is 2.60. The Bertz CT molecular complexity index is 393. The van der Waals surface area contributed by atoms with Crippen LogP contribution in [0.1, 0.15) is 19.7 Å². The lowest BCUT2D eigenvalue weighted by molar-refractivity contribution is 1.17. The maximum Gasteiger partial charge on any atom is 0.104 e. The molecule has 0 saturated heterocycles. The van der Waals surface area contributed by atoms with Gasteiger partial charge in [-0.3, -0.25) is 0 Å². The maximum absolute atomic E-state index is 4.29. The first-order valence-electron chi connectivity index (χ1n) is 4.47. The zero-order valence-corrected chi connectivity index (χ0v) is 9.41. The van der Waals surface area contributed by atoms with Crippen LogP contribution < -0.4 is 5.30 Å².